The summed E-state index contributed by atoms with van der Waals surface area (Å²) in [6.07, 6.45) is 0.688. The summed E-state index contributed by atoms with van der Waals surface area (Å²) < 4.78 is 29.9. The molecule has 0 aliphatic rings. The van der Waals surface area contributed by atoms with Crippen molar-refractivity contribution >= 4 is 31.3 Å². The number of methoxy groups -OCH3 is 1. The van der Waals surface area contributed by atoms with Crippen LogP contribution < -0.4 is 4.74 Å². The molecule has 0 N–H and O–H groups in total. The molecule has 0 amide bonds. The number of halogens is 2. The molecule has 1 heterocycles. The van der Waals surface area contributed by atoms with Crippen molar-refractivity contribution in [3.8, 4) is 17.1 Å². The van der Waals surface area contributed by atoms with Crippen LogP contribution in [-0.4, -0.2) is 30.3 Å². The lowest BCUT2D eigenvalue weighted by Gasteiger charge is -2.11. The molecule has 0 radical (unpaired) electrons. The van der Waals surface area contributed by atoms with E-state index in [0.717, 1.165) is 0 Å². The van der Waals surface area contributed by atoms with Gasteiger partial charge in [-0.3, -0.25) is 4.57 Å². The lowest BCUT2D eigenvalue weighted by atomic mass is 10.2. The van der Waals surface area contributed by atoms with Crippen molar-refractivity contribution in [3.05, 3.63) is 23.2 Å². The van der Waals surface area contributed by atoms with Gasteiger partial charge in [0.1, 0.15) is 5.75 Å². The van der Waals surface area contributed by atoms with Gasteiger partial charge in [-0.1, -0.05) is 18.5 Å². The number of aromatic nitrogens is 3. The predicted octanol–water partition coefficient (Wildman–Crippen LogP) is 2.94. The summed E-state index contributed by atoms with van der Waals surface area (Å²) >= 11 is 5.99. The second kappa shape index (κ2) is 6.21. The van der Waals surface area contributed by atoms with Crippen LogP contribution in [0.4, 0.5) is 0 Å². The van der Waals surface area contributed by atoms with Gasteiger partial charge >= 0.3 is 0 Å². The molecule has 0 spiro atoms. The van der Waals surface area contributed by atoms with Crippen LogP contribution in [0.1, 0.15) is 13.3 Å². The van der Waals surface area contributed by atoms with E-state index < -0.39 is 9.05 Å². The fourth-order valence-electron chi connectivity index (χ4n) is 1.95. The first-order valence-electron chi connectivity index (χ1n) is 6.10. The van der Waals surface area contributed by atoms with Crippen molar-refractivity contribution < 1.29 is 13.2 Å². The first kappa shape index (κ1) is 16.1. The predicted molar refractivity (Wildman–Crippen MR) is 80.3 cm³/mol. The van der Waals surface area contributed by atoms with E-state index in [9.17, 15) is 8.42 Å². The average molecular weight is 350 g/mol. The van der Waals surface area contributed by atoms with Gasteiger partial charge in [0.15, 0.2) is 5.82 Å². The van der Waals surface area contributed by atoms with E-state index in [1.807, 2.05) is 6.92 Å². The minimum absolute atomic E-state index is 0.289. The smallest absolute Gasteiger partial charge is 0.296 e. The Hall–Kier alpha value is -1.31. The summed E-state index contributed by atoms with van der Waals surface area (Å²) in [7, 11) is 2.92. The highest BCUT2D eigenvalue weighted by atomic mass is 35.7. The van der Waals surface area contributed by atoms with Crippen molar-refractivity contribution in [3.63, 3.8) is 0 Å². The first-order valence-corrected chi connectivity index (χ1v) is 8.79. The molecule has 114 valence electrons. The van der Waals surface area contributed by atoms with E-state index in [0.29, 0.717) is 35.1 Å². The van der Waals surface area contributed by atoms with Crippen LogP contribution in [0.2, 0.25) is 5.02 Å². The zero-order chi connectivity index (χ0) is 15.6. The minimum atomic E-state index is -3.98. The molecule has 0 fully saturated rings. The van der Waals surface area contributed by atoms with E-state index in [1.165, 1.54) is 11.7 Å². The van der Waals surface area contributed by atoms with Gasteiger partial charge in [-0.05, 0) is 24.6 Å². The van der Waals surface area contributed by atoms with Gasteiger partial charge in [0.05, 0.1) is 12.7 Å². The van der Waals surface area contributed by atoms with Crippen molar-refractivity contribution in [1.82, 2.24) is 14.8 Å². The van der Waals surface area contributed by atoms with Crippen molar-refractivity contribution in [2.75, 3.05) is 7.11 Å². The van der Waals surface area contributed by atoms with Crippen LogP contribution in [0.25, 0.3) is 11.4 Å². The summed E-state index contributed by atoms with van der Waals surface area (Å²) in [6, 6.07) is 4.99. The first-order chi connectivity index (χ1) is 9.88. The minimum Gasteiger partial charge on any atom is -0.496 e. The Labute approximate surface area is 132 Å². The molecule has 0 saturated carbocycles. The maximum atomic E-state index is 11.6. The molecule has 1 aromatic heterocycles. The molecule has 9 heteroatoms. The Morgan fingerprint density at radius 3 is 2.62 bits per heavy atom. The Morgan fingerprint density at radius 2 is 2.05 bits per heavy atom. The number of benzene rings is 1. The second-order valence-corrected chi connectivity index (χ2v) is 7.14. The van der Waals surface area contributed by atoms with Crippen LogP contribution >= 0.6 is 22.3 Å². The number of hydrogen-bond donors (Lipinski definition) is 0. The molecule has 2 aromatic rings. The van der Waals surface area contributed by atoms with Crippen LogP contribution in [0.5, 0.6) is 5.75 Å². The third-order valence-electron chi connectivity index (χ3n) is 2.78. The molecule has 21 heavy (non-hydrogen) atoms. The van der Waals surface area contributed by atoms with Gasteiger partial charge in [0.2, 0.25) is 0 Å². The van der Waals surface area contributed by atoms with E-state index in [2.05, 4.69) is 10.2 Å². The largest absolute Gasteiger partial charge is 0.496 e. The average Bonchev–Trinajstić information content (AvgIpc) is 2.82. The number of hydrogen-bond acceptors (Lipinski definition) is 5. The third-order valence-corrected chi connectivity index (χ3v) is 4.17. The zero-order valence-electron chi connectivity index (χ0n) is 11.4. The van der Waals surface area contributed by atoms with Crippen LogP contribution in [0, 0.1) is 0 Å². The molecule has 0 unspecified atom stereocenters. The maximum Gasteiger partial charge on any atom is 0.296 e. The summed E-state index contributed by atoms with van der Waals surface area (Å²) in [5.74, 6) is 0.859. The number of nitrogens with zero attached hydrogens (tertiary/aromatic N) is 3. The van der Waals surface area contributed by atoms with Gasteiger partial charge in [0, 0.05) is 22.2 Å². The summed E-state index contributed by atoms with van der Waals surface area (Å²) in [4.78, 5) is 0. The summed E-state index contributed by atoms with van der Waals surface area (Å²) in [5, 5.41) is 7.80. The lowest BCUT2D eigenvalue weighted by Crippen LogP contribution is -2.08. The monoisotopic (exact) mass is 349 g/mol. The molecule has 0 atom stereocenters. The molecule has 0 saturated heterocycles. The molecule has 0 aliphatic carbocycles. The van der Waals surface area contributed by atoms with Crippen LogP contribution in [0.15, 0.2) is 23.4 Å². The Morgan fingerprint density at radius 1 is 1.33 bits per heavy atom. The van der Waals surface area contributed by atoms with Crippen LogP contribution in [0.3, 0.4) is 0 Å². The summed E-state index contributed by atoms with van der Waals surface area (Å²) in [6.45, 7) is 2.31. The quantitative estimate of drug-likeness (QED) is 0.775. The number of rotatable bonds is 5. The maximum absolute atomic E-state index is 11.6. The topological polar surface area (TPSA) is 74.1 Å². The van der Waals surface area contributed by atoms with Gasteiger partial charge < -0.3 is 4.74 Å². The second-order valence-electron chi connectivity index (χ2n) is 4.24. The molecular formula is C12H13Cl2N3O3S. The molecular weight excluding hydrogens is 337 g/mol. The van der Waals surface area contributed by atoms with Gasteiger partial charge in [-0.2, -0.15) is 0 Å². The Balaban J connectivity index is 2.70. The van der Waals surface area contributed by atoms with Crippen molar-refractivity contribution in [2.45, 2.75) is 25.0 Å². The molecule has 0 aliphatic heterocycles. The molecule has 2 rings (SSSR count). The normalized spacial score (nSPS) is 11.6. The lowest BCUT2D eigenvalue weighted by molar-refractivity contribution is 0.415. The van der Waals surface area contributed by atoms with Crippen molar-refractivity contribution in [2.24, 2.45) is 0 Å². The number of ether oxygens (including phenoxy) is 1. The van der Waals surface area contributed by atoms with E-state index in [-0.39, 0.29) is 5.16 Å². The van der Waals surface area contributed by atoms with E-state index in [4.69, 9.17) is 27.0 Å². The highest BCUT2D eigenvalue weighted by molar-refractivity contribution is 8.13. The fourth-order valence-corrected chi connectivity index (χ4v) is 3.04. The summed E-state index contributed by atoms with van der Waals surface area (Å²) in [5.41, 5.74) is 0.553. The van der Waals surface area contributed by atoms with Gasteiger partial charge in [-0.15, -0.1) is 10.2 Å². The molecule has 1 aromatic carbocycles. The highest BCUT2D eigenvalue weighted by Crippen LogP contribution is 2.32. The highest BCUT2D eigenvalue weighted by Gasteiger charge is 2.24. The van der Waals surface area contributed by atoms with Crippen LogP contribution in [-0.2, 0) is 15.6 Å². The molecule has 6 nitrogen and oxygen atoms in total. The molecule has 0 bridgehead atoms. The Kier molecular flexibility index (Phi) is 4.75. The Bertz CT molecular complexity index is 759. The van der Waals surface area contributed by atoms with Crippen molar-refractivity contribution in [1.29, 1.82) is 0 Å². The fraction of sp³-hybridized carbons (Fsp3) is 0.333. The van der Waals surface area contributed by atoms with Gasteiger partial charge in [0.25, 0.3) is 14.2 Å². The zero-order valence-corrected chi connectivity index (χ0v) is 13.7. The van der Waals surface area contributed by atoms with E-state index in [1.54, 1.807) is 18.2 Å². The van der Waals surface area contributed by atoms with Gasteiger partial charge in [-0.25, -0.2) is 8.42 Å². The van der Waals surface area contributed by atoms with E-state index >= 15 is 0 Å². The third kappa shape index (κ3) is 3.30. The standard InChI is InChI=1S/C12H13Cl2N3O3S/c1-3-6-17-11(15-16-12(17)21(14,18)19)9-7-8(13)4-5-10(9)20-2/h4-5,7H,3,6H2,1-2H3. The SMILES string of the molecule is CCCn1c(-c2cc(Cl)ccc2OC)nnc1S(=O)(=O)Cl.